The van der Waals surface area contributed by atoms with E-state index in [1.54, 1.807) is 24.3 Å². The van der Waals surface area contributed by atoms with Crippen molar-refractivity contribution in [1.29, 1.82) is 0 Å². The van der Waals surface area contributed by atoms with Gasteiger partial charge in [0.05, 0.1) is 35.0 Å². The van der Waals surface area contributed by atoms with Crippen LogP contribution in [-0.4, -0.2) is 35.0 Å². The average molecular weight is 515 g/mol. The summed E-state index contributed by atoms with van der Waals surface area (Å²) in [4.78, 5) is 32.8. The van der Waals surface area contributed by atoms with Gasteiger partial charge in [0.15, 0.2) is 5.13 Å². The minimum absolute atomic E-state index is 0.0210. The number of anilines is 1. The van der Waals surface area contributed by atoms with Crippen molar-refractivity contribution < 1.29 is 24.2 Å². The smallest absolute Gasteiger partial charge is 0.301 e. The van der Waals surface area contributed by atoms with Crippen LogP contribution in [0.25, 0.3) is 16.0 Å². The Morgan fingerprint density at radius 3 is 2.41 bits per heavy atom. The Labute approximate surface area is 218 Å². The van der Waals surface area contributed by atoms with Gasteiger partial charge in [0.1, 0.15) is 17.3 Å². The molecule has 4 aromatic rings. The zero-order valence-corrected chi connectivity index (χ0v) is 21.3. The fraction of sp³-hybridized carbons (Fsp3) is 0.207. The number of nitrogens with zero attached hydrogens (tertiary/aromatic N) is 2. The summed E-state index contributed by atoms with van der Waals surface area (Å²) in [5.74, 6) is -0.358. The topological polar surface area (TPSA) is 89.0 Å². The van der Waals surface area contributed by atoms with E-state index in [2.05, 4.69) is 4.98 Å². The molecule has 1 amide bonds. The third-order valence-electron chi connectivity index (χ3n) is 6.03. The Morgan fingerprint density at radius 2 is 1.70 bits per heavy atom. The Kier molecular flexibility index (Phi) is 6.92. The molecular weight excluding hydrogens is 488 g/mol. The maximum absolute atomic E-state index is 13.4. The van der Waals surface area contributed by atoms with Gasteiger partial charge in [0.25, 0.3) is 5.78 Å². The van der Waals surface area contributed by atoms with E-state index in [1.165, 1.54) is 16.2 Å². The summed E-state index contributed by atoms with van der Waals surface area (Å²) in [5.41, 5.74) is 1.83. The van der Waals surface area contributed by atoms with Crippen LogP contribution < -0.4 is 14.4 Å². The highest BCUT2D eigenvalue weighted by atomic mass is 32.1. The molecule has 1 saturated heterocycles. The second-order valence-corrected chi connectivity index (χ2v) is 9.52. The normalized spacial score (nSPS) is 16.9. The van der Waals surface area contributed by atoms with Crippen LogP contribution in [0.5, 0.6) is 11.5 Å². The molecule has 1 aliphatic rings. The molecule has 1 atom stereocenters. The van der Waals surface area contributed by atoms with Gasteiger partial charge in [-0.2, -0.15) is 0 Å². The van der Waals surface area contributed by atoms with Crippen molar-refractivity contribution in [2.45, 2.75) is 26.3 Å². The predicted octanol–water partition coefficient (Wildman–Crippen LogP) is 6.11. The Morgan fingerprint density at radius 1 is 0.973 bits per heavy atom. The van der Waals surface area contributed by atoms with E-state index in [0.29, 0.717) is 46.5 Å². The van der Waals surface area contributed by atoms with E-state index in [9.17, 15) is 14.7 Å². The number of hydrogen-bond acceptors (Lipinski definition) is 7. The number of aromatic nitrogens is 1. The summed E-state index contributed by atoms with van der Waals surface area (Å²) < 4.78 is 12.1. The van der Waals surface area contributed by atoms with Crippen LogP contribution in [0.1, 0.15) is 37.4 Å². The van der Waals surface area contributed by atoms with Gasteiger partial charge in [-0.25, -0.2) is 4.98 Å². The summed E-state index contributed by atoms with van der Waals surface area (Å²) in [7, 11) is 0. The molecule has 1 fully saturated rings. The van der Waals surface area contributed by atoms with E-state index in [-0.39, 0.29) is 11.3 Å². The molecule has 37 heavy (non-hydrogen) atoms. The van der Waals surface area contributed by atoms with Crippen LogP contribution in [0.3, 0.4) is 0 Å². The quantitative estimate of drug-likeness (QED) is 0.173. The minimum atomic E-state index is -0.829. The van der Waals surface area contributed by atoms with E-state index < -0.39 is 17.7 Å². The molecule has 1 aromatic heterocycles. The molecular formula is C29H26N2O5S. The van der Waals surface area contributed by atoms with Gasteiger partial charge in [0, 0.05) is 5.56 Å². The van der Waals surface area contributed by atoms with Gasteiger partial charge < -0.3 is 14.6 Å². The lowest BCUT2D eigenvalue weighted by molar-refractivity contribution is -0.132. The number of hydrogen-bond donors (Lipinski definition) is 1. The van der Waals surface area contributed by atoms with Crippen molar-refractivity contribution in [2.75, 3.05) is 18.1 Å². The zero-order valence-electron chi connectivity index (χ0n) is 20.5. The zero-order chi connectivity index (χ0) is 25.9. The number of fused-ring (bicyclic) bond motifs is 1. The monoisotopic (exact) mass is 514 g/mol. The highest BCUT2D eigenvalue weighted by Crippen LogP contribution is 2.44. The average Bonchev–Trinajstić information content (AvgIpc) is 3.45. The Hall–Kier alpha value is -4.17. The van der Waals surface area contributed by atoms with Crippen LogP contribution in [-0.2, 0) is 9.59 Å². The molecule has 1 N–H and O–H groups in total. The van der Waals surface area contributed by atoms with E-state index in [1.807, 2.05) is 62.4 Å². The van der Waals surface area contributed by atoms with Crippen LogP contribution in [0.15, 0.2) is 78.4 Å². The SMILES string of the molecule is CCCOc1ccc(/C(O)=C2\C(=O)C(=O)N(c3nc4ccc(OCC)cc4s3)C2c2ccccc2)cc1. The number of Topliss-reactive ketones (excluding diaryl/α,β-unsaturated/α-hetero) is 1. The highest BCUT2D eigenvalue weighted by Gasteiger charge is 2.48. The number of ether oxygens (including phenoxy) is 2. The molecule has 1 unspecified atom stereocenters. The number of rotatable bonds is 8. The van der Waals surface area contributed by atoms with E-state index in [0.717, 1.165) is 11.1 Å². The van der Waals surface area contributed by atoms with Crippen molar-refractivity contribution >= 4 is 44.1 Å². The summed E-state index contributed by atoms with van der Waals surface area (Å²) in [6.07, 6.45) is 0.876. The van der Waals surface area contributed by atoms with Crippen molar-refractivity contribution in [3.05, 3.63) is 89.5 Å². The molecule has 0 saturated carbocycles. The van der Waals surface area contributed by atoms with Gasteiger partial charge in [-0.1, -0.05) is 48.6 Å². The van der Waals surface area contributed by atoms with Gasteiger partial charge >= 0.3 is 5.91 Å². The Bertz CT molecular complexity index is 1480. The summed E-state index contributed by atoms with van der Waals surface area (Å²) in [6.45, 7) is 5.05. The molecule has 0 bridgehead atoms. The molecule has 0 spiro atoms. The van der Waals surface area contributed by atoms with Crippen LogP contribution in [0.4, 0.5) is 5.13 Å². The molecule has 0 radical (unpaired) electrons. The first kappa shape index (κ1) is 24.5. The number of amides is 1. The van der Waals surface area contributed by atoms with Crippen LogP contribution in [0, 0.1) is 0 Å². The first-order valence-corrected chi connectivity index (χ1v) is 13.0. The van der Waals surface area contributed by atoms with Gasteiger partial charge in [-0.05, 0) is 61.4 Å². The highest BCUT2D eigenvalue weighted by molar-refractivity contribution is 7.22. The second-order valence-electron chi connectivity index (χ2n) is 8.51. The van der Waals surface area contributed by atoms with Gasteiger partial charge in [-0.3, -0.25) is 14.5 Å². The van der Waals surface area contributed by atoms with Crippen molar-refractivity contribution in [3.63, 3.8) is 0 Å². The summed E-state index contributed by atoms with van der Waals surface area (Å²) >= 11 is 1.30. The number of ketones is 1. The van der Waals surface area contributed by atoms with Crippen molar-refractivity contribution in [2.24, 2.45) is 0 Å². The number of thiazole rings is 1. The largest absolute Gasteiger partial charge is 0.507 e. The standard InChI is InChI=1S/C29H26N2O5S/c1-3-16-36-20-12-10-19(11-13-20)26(32)24-25(18-8-6-5-7-9-18)31(28(34)27(24)33)29-30-22-15-14-21(35-4-2)17-23(22)37-29/h5-15,17,25,32H,3-4,16H2,1-2H3/b26-24+. The molecule has 5 rings (SSSR count). The fourth-order valence-corrected chi connectivity index (χ4v) is 5.34. The minimum Gasteiger partial charge on any atom is -0.507 e. The number of benzene rings is 3. The lowest BCUT2D eigenvalue weighted by Gasteiger charge is -2.22. The number of aliphatic hydroxyl groups is 1. The number of carbonyl (C=O) groups excluding carboxylic acids is 2. The Balaban J connectivity index is 1.61. The maximum atomic E-state index is 13.4. The fourth-order valence-electron chi connectivity index (χ4n) is 4.32. The first-order chi connectivity index (χ1) is 18.0. The third-order valence-corrected chi connectivity index (χ3v) is 7.04. The number of aliphatic hydroxyl groups excluding tert-OH is 1. The molecule has 3 aromatic carbocycles. The maximum Gasteiger partial charge on any atom is 0.301 e. The second kappa shape index (κ2) is 10.4. The third kappa shape index (κ3) is 4.68. The van der Waals surface area contributed by atoms with E-state index in [4.69, 9.17) is 9.47 Å². The van der Waals surface area contributed by atoms with Crippen molar-refractivity contribution in [1.82, 2.24) is 4.98 Å². The molecule has 7 nitrogen and oxygen atoms in total. The predicted molar refractivity (Wildman–Crippen MR) is 144 cm³/mol. The molecule has 8 heteroatoms. The lowest BCUT2D eigenvalue weighted by Crippen LogP contribution is -2.29. The van der Waals surface area contributed by atoms with Crippen LogP contribution in [0.2, 0.25) is 0 Å². The molecule has 1 aliphatic heterocycles. The summed E-state index contributed by atoms with van der Waals surface area (Å²) in [6, 6.07) is 20.7. The first-order valence-electron chi connectivity index (χ1n) is 12.1. The molecule has 2 heterocycles. The molecule has 188 valence electrons. The molecule has 0 aliphatic carbocycles. The van der Waals surface area contributed by atoms with Gasteiger partial charge in [-0.15, -0.1) is 0 Å². The lowest BCUT2D eigenvalue weighted by atomic mass is 9.95. The van der Waals surface area contributed by atoms with Gasteiger partial charge in [0.2, 0.25) is 0 Å². The number of carbonyl (C=O) groups is 2. The van der Waals surface area contributed by atoms with E-state index >= 15 is 0 Å². The van der Waals surface area contributed by atoms with Crippen molar-refractivity contribution in [3.8, 4) is 11.5 Å². The summed E-state index contributed by atoms with van der Waals surface area (Å²) in [5, 5.41) is 11.7. The van der Waals surface area contributed by atoms with Crippen LogP contribution >= 0.6 is 11.3 Å².